The number of benzene rings is 1. The Hall–Kier alpha value is -0.903. The smallest absolute Gasteiger partial charge is 0.372 e. The highest BCUT2D eigenvalue weighted by Crippen LogP contribution is 2.26. The molecule has 0 atom stereocenters. The number of aromatic nitrogens is 2. The van der Waals surface area contributed by atoms with Crippen molar-refractivity contribution in [3.05, 3.63) is 24.3 Å². The topological polar surface area (TPSA) is 59.6 Å². The maximum Gasteiger partial charge on any atom is 0.512 e. The number of fused-ring (bicyclic) bond motifs is 7. The van der Waals surface area contributed by atoms with Crippen LogP contribution >= 0.6 is 11.8 Å². The molecule has 118 valence electrons. The average molecular weight is 337 g/mol. The average Bonchev–Trinajstić information content (AvgIpc) is 2.88. The highest BCUT2D eigenvalue weighted by molar-refractivity contribution is 8.00. The van der Waals surface area contributed by atoms with E-state index < -0.39 is 8.80 Å². The molecule has 0 saturated carbocycles. The summed E-state index contributed by atoms with van der Waals surface area (Å²) in [6.45, 7) is 4.97. The molecule has 3 aliphatic heterocycles. The number of hydrogen-bond donors (Lipinski definition) is 1. The summed E-state index contributed by atoms with van der Waals surface area (Å²) in [4.78, 5) is 10.2. The van der Waals surface area contributed by atoms with E-state index in [1.165, 1.54) is 0 Å². The summed E-state index contributed by atoms with van der Waals surface area (Å²) in [5.41, 5.74) is 2.04. The van der Waals surface area contributed by atoms with Gasteiger partial charge in [-0.15, -0.1) is 0 Å². The Balaban J connectivity index is 1.48. The highest BCUT2D eigenvalue weighted by Gasteiger charge is 2.44. The van der Waals surface area contributed by atoms with Crippen molar-refractivity contribution < 1.29 is 13.3 Å². The summed E-state index contributed by atoms with van der Waals surface area (Å²) in [6, 6.07) is 8.05. The predicted octanol–water partition coefficient (Wildman–Crippen LogP) is 1.51. The van der Waals surface area contributed by atoms with Crippen molar-refractivity contribution in [1.29, 1.82) is 0 Å². The molecule has 5 rings (SSSR count). The van der Waals surface area contributed by atoms with Crippen molar-refractivity contribution in [1.82, 2.24) is 14.9 Å². The Morgan fingerprint density at radius 2 is 1.77 bits per heavy atom. The lowest BCUT2D eigenvalue weighted by atomic mass is 10.3. The fraction of sp³-hybridized carbons (Fsp3) is 0.500. The number of nitrogens with one attached hydrogen (secondary N) is 1. The monoisotopic (exact) mass is 337 g/mol. The first-order chi connectivity index (χ1) is 10.8. The van der Waals surface area contributed by atoms with Crippen LogP contribution in [0.25, 0.3) is 11.0 Å². The van der Waals surface area contributed by atoms with Gasteiger partial charge < -0.3 is 18.3 Å². The van der Waals surface area contributed by atoms with Gasteiger partial charge in [0.15, 0.2) is 5.16 Å². The summed E-state index contributed by atoms with van der Waals surface area (Å²) < 4.78 is 18.1. The molecule has 1 N–H and O–H groups in total. The predicted molar refractivity (Wildman–Crippen MR) is 86.9 cm³/mol. The van der Waals surface area contributed by atoms with Crippen LogP contribution in [-0.2, 0) is 13.3 Å². The number of nitrogens with zero attached hydrogens (tertiary/aromatic N) is 2. The van der Waals surface area contributed by atoms with Crippen molar-refractivity contribution in [3.8, 4) is 0 Å². The van der Waals surface area contributed by atoms with E-state index in [9.17, 15) is 0 Å². The molecule has 6 nitrogen and oxygen atoms in total. The van der Waals surface area contributed by atoms with Gasteiger partial charge in [-0.25, -0.2) is 4.98 Å². The van der Waals surface area contributed by atoms with Crippen LogP contribution in [0.2, 0.25) is 0 Å². The van der Waals surface area contributed by atoms with Crippen LogP contribution in [0.15, 0.2) is 29.4 Å². The second-order valence-electron chi connectivity index (χ2n) is 5.42. The van der Waals surface area contributed by atoms with Gasteiger partial charge in [0.1, 0.15) is 0 Å². The Kier molecular flexibility index (Phi) is 4.20. The third-order valence-corrected chi connectivity index (χ3v) is 8.33. The van der Waals surface area contributed by atoms with Gasteiger partial charge in [0.05, 0.1) is 36.2 Å². The van der Waals surface area contributed by atoms with Crippen LogP contribution in [0.5, 0.6) is 0 Å². The second kappa shape index (κ2) is 6.30. The fourth-order valence-electron chi connectivity index (χ4n) is 2.73. The van der Waals surface area contributed by atoms with Gasteiger partial charge in [-0.1, -0.05) is 23.9 Å². The Morgan fingerprint density at radius 3 is 2.45 bits per heavy atom. The van der Waals surface area contributed by atoms with Crippen molar-refractivity contribution in [2.24, 2.45) is 0 Å². The fourth-order valence-corrected chi connectivity index (χ4v) is 6.79. The normalized spacial score (nSPS) is 29.2. The van der Waals surface area contributed by atoms with Crippen LogP contribution in [0, 0.1) is 0 Å². The maximum atomic E-state index is 6.03. The SMILES string of the molecule is c1ccc2[nH]c(SC[Si]34OCCN(CCO3)CCO4)nc2c1. The van der Waals surface area contributed by atoms with E-state index in [2.05, 4.69) is 14.9 Å². The summed E-state index contributed by atoms with van der Waals surface area (Å²) in [5.74, 6) is 0. The number of para-hydroxylation sites is 2. The number of H-pyrrole nitrogens is 1. The summed E-state index contributed by atoms with van der Waals surface area (Å²) in [7, 11) is -2.58. The number of imidazole rings is 1. The quantitative estimate of drug-likeness (QED) is 0.677. The summed E-state index contributed by atoms with van der Waals surface area (Å²) in [5, 5.41) is 1.59. The van der Waals surface area contributed by atoms with Gasteiger partial charge in [0.25, 0.3) is 0 Å². The molecule has 1 aromatic carbocycles. The van der Waals surface area contributed by atoms with E-state index in [1.807, 2.05) is 24.3 Å². The zero-order valence-electron chi connectivity index (χ0n) is 12.3. The minimum Gasteiger partial charge on any atom is -0.372 e. The van der Waals surface area contributed by atoms with Gasteiger partial charge in [0, 0.05) is 19.6 Å². The van der Waals surface area contributed by atoms with Gasteiger partial charge in [-0.05, 0) is 12.1 Å². The van der Waals surface area contributed by atoms with Gasteiger partial charge in [-0.2, -0.15) is 0 Å². The minimum atomic E-state index is -2.58. The zero-order valence-corrected chi connectivity index (χ0v) is 14.1. The Bertz CT molecular complexity index is 594. The van der Waals surface area contributed by atoms with Gasteiger partial charge in [-0.3, -0.25) is 4.90 Å². The van der Waals surface area contributed by atoms with Crippen molar-refractivity contribution in [3.63, 3.8) is 0 Å². The standard InChI is InChI=1S/C14H19N3O3SSi/c1-2-4-13-12(3-1)15-14(16-13)21-11-22-18-8-5-17(6-9-19-22)7-10-20-22/h1-4H,5-11H2,(H,15,16). The van der Waals surface area contributed by atoms with E-state index >= 15 is 0 Å². The molecule has 0 amide bonds. The molecule has 2 aromatic rings. The molecule has 8 heteroatoms. The van der Waals surface area contributed by atoms with E-state index in [0.717, 1.165) is 35.8 Å². The lowest BCUT2D eigenvalue weighted by Gasteiger charge is -2.37. The molecule has 4 heterocycles. The van der Waals surface area contributed by atoms with E-state index in [4.69, 9.17) is 13.3 Å². The van der Waals surface area contributed by atoms with Crippen LogP contribution < -0.4 is 0 Å². The summed E-state index contributed by atoms with van der Waals surface area (Å²) in [6.07, 6.45) is 0. The first kappa shape index (κ1) is 14.7. The van der Waals surface area contributed by atoms with Crippen molar-refractivity contribution in [2.75, 3.05) is 44.8 Å². The number of aromatic amines is 1. The largest absolute Gasteiger partial charge is 0.512 e. The first-order valence-corrected chi connectivity index (χ1v) is 10.5. The molecular weight excluding hydrogens is 318 g/mol. The Labute approximate surface area is 134 Å². The summed E-state index contributed by atoms with van der Waals surface area (Å²) >= 11 is 1.63. The lowest BCUT2D eigenvalue weighted by molar-refractivity contribution is -0.00444. The molecule has 3 fully saturated rings. The number of rotatable bonds is 3. The molecule has 0 spiro atoms. The van der Waals surface area contributed by atoms with E-state index in [0.29, 0.717) is 25.2 Å². The molecule has 1 aromatic heterocycles. The molecule has 3 aliphatic rings. The molecule has 0 radical (unpaired) electrons. The molecule has 22 heavy (non-hydrogen) atoms. The minimum absolute atomic E-state index is 0.687. The van der Waals surface area contributed by atoms with Gasteiger partial charge >= 0.3 is 8.80 Å². The van der Waals surface area contributed by atoms with Crippen LogP contribution in [0.1, 0.15) is 0 Å². The molecule has 3 saturated heterocycles. The molecule has 2 bridgehead atoms. The van der Waals surface area contributed by atoms with E-state index in [-0.39, 0.29) is 0 Å². The molecule has 0 aliphatic carbocycles. The first-order valence-electron chi connectivity index (χ1n) is 7.55. The highest BCUT2D eigenvalue weighted by atomic mass is 32.2. The second-order valence-corrected chi connectivity index (χ2v) is 9.48. The van der Waals surface area contributed by atoms with Gasteiger partial charge in [0.2, 0.25) is 0 Å². The third kappa shape index (κ3) is 3.08. The van der Waals surface area contributed by atoms with Crippen molar-refractivity contribution >= 4 is 31.6 Å². The molecule has 0 unspecified atom stereocenters. The number of thioether (sulfide) groups is 1. The van der Waals surface area contributed by atoms with Crippen LogP contribution in [0.4, 0.5) is 0 Å². The lowest BCUT2D eigenvalue weighted by Crippen LogP contribution is -2.57. The number of hydrogen-bond acceptors (Lipinski definition) is 6. The molecular formula is C14H19N3O3SSi. The van der Waals surface area contributed by atoms with E-state index in [1.54, 1.807) is 11.8 Å². The Morgan fingerprint density at radius 1 is 1.09 bits per heavy atom. The van der Waals surface area contributed by atoms with Crippen LogP contribution in [-0.4, -0.2) is 68.5 Å². The zero-order chi connectivity index (χ0) is 14.8. The van der Waals surface area contributed by atoms with Crippen LogP contribution in [0.3, 0.4) is 0 Å². The third-order valence-electron chi connectivity index (χ3n) is 3.94. The van der Waals surface area contributed by atoms with Crippen molar-refractivity contribution in [2.45, 2.75) is 5.16 Å². The maximum absolute atomic E-state index is 6.03.